The zero-order valence-corrected chi connectivity index (χ0v) is 17.5. The van der Waals surface area contributed by atoms with Crippen LogP contribution < -0.4 is 10.6 Å². The van der Waals surface area contributed by atoms with Crippen LogP contribution in [-0.4, -0.2) is 42.0 Å². The maximum Gasteiger partial charge on any atom is 0.252 e. The van der Waals surface area contributed by atoms with Gasteiger partial charge in [-0.05, 0) is 43.3 Å². The molecule has 3 aromatic rings. The van der Waals surface area contributed by atoms with E-state index in [2.05, 4.69) is 42.4 Å². The number of hydrogen-bond donors (Lipinski definition) is 2. The average Bonchev–Trinajstić information content (AvgIpc) is 2.76. The summed E-state index contributed by atoms with van der Waals surface area (Å²) in [6, 6.07) is 17.8. The number of carbonyl (C=O) groups is 1. The zero-order valence-electron chi connectivity index (χ0n) is 17.5. The van der Waals surface area contributed by atoms with Gasteiger partial charge in [-0.15, -0.1) is 0 Å². The summed E-state index contributed by atoms with van der Waals surface area (Å²) < 4.78 is 0. The van der Waals surface area contributed by atoms with Crippen molar-refractivity contribution in [2.24, 2.45) is 0 Å². The molecule has 1 heterocycles. The van der Waals surface area contributed by atoms with Crippen LogP contribution in [0.3, 0.4) is 0 Å². The molecule has 5 heteroatoms. The number of hydrogen-bond acceptors (Lipinski definition) is 4. The van der Waals surface area contributed by atoms with Gasteiger partial charge >= 0.3 is 0 Å². The van der Waals surface area contributed by atoms with Crippen molar-refractivity contribution in [1.82, 2.24) is 15.2 Å². The van der Waals surface area contributed by atoms with Crippen molar-refractivity contribution < 1.29 is 4.79 Å². The highest BCUT2D eigenvalue weighted by molar-refractivity contribution is 6.07. The highest BCUT2D eigenvalue weighted by Gasteiger charge is 2.14. The lowest BCUT2D eigenvalue weighted by Gasteiger charge is -2.18. The second-order valence-electron chi connectivity index (χ2n) is 6.99. The molecule has 0 aliphatic rings. The molecule has 1 amide bonds. The average molecular weight is 391 g/mol. The molecule has 0 aliphatic carbocycles. The fraction of sp³-hybridized carbons (Fsp3) is 0.333. The third-order valence-electron chi connectivity index (χ3n) is 5.23. The molecule has 0 bridgehead atoms. The molecular formula is C24H30N4O. The minimum atomic E-state index is -0.0671. The molecule has 3 rings (SSSR count). The Balaban J connectivity index is 1.87. The third-order valence-corrected chi connectivity index (χ3v) is 5.23. The lowest BCUT2D eigenvalue weighted by atomic mass is 10.1. The van der Waals surface area contributed by atoms with Crippen LogP contribution in [0.1, 0.15) is 36.7 Å². The second-order valence-corrected chi connectivity index (χ2v) is 6.99. The van der Waals surface area contributed by atoms with Crippen LogP contribution in [0.2, 0.25) is 0 Å². The van der Waals surface area contributed by atoms with Gasteiger partial charge in [0.25, 0.3) is 5.91 Å². The van der Waals surface area contributed by atoms with Crippen LogP contribution in [0.5, 0.6) is 0 Å². The number of carbonyl (C=O) groups excluding carboxylic acids is 1. The smallest absolute Gasteiger partial charge is 0.252 e. The van der Waals surface area contributed by atoms with Crippen molar-refractivity contribution in [2.45, 2.75) is 27.2 Å². The van der Waals surface area contributed by atoms with Gasteiger partial charge in [0.2, 0.25) is 0 Å². The summed E-state index contributed by atoms with van der Waals surface area (Å²) in [6.45, 7) is 9.82. The number of fused-ring (bicyclic) bond motifs is 1. The number of pyridine rings is 1. The van der Waals surface area contributed by atoms with Gasteiger partial charge in [0.1, 0.15) is 5.82 Å². The molecule has 0 atom stereocenters. The molecule has 152 valence electrons. The summed E-state index contributed by atoms with van der Waals surface area (Å²) in [5.41, 5.74) is 3.69. The van der Waals surface area contributed by atoms with Crippen molar-refractivity contribution in [2.75, 3.05) is 31.5 Å². The highest BCUT2D eigenvalue weighted by Crippen LogP contribution is 2.25. The Morgan fingerprint density at radius 1 is 1.00 bits per heavy atom. The molecule has 2 aromatic carbocycles. The van der Waals surface area contributed by atoms with Crippen LogP contribution in [0, 0.1) is 0 Å². The number of nitrogens with one attached hydrogen (secondary N) is 2. The molecule has 0 saturated carbocycles. The molecule has 5 nitrogen and oxygen atoms in total. The van der Waals surface area contributed by atoms with Crippen LogP contribution >= 0.6 is 0 Å². The predicted octanol–water partition coefficient (Wildman–Crippen LogP) is 4.61. The molecular weight excluding hydrogens is 360 g/mol. The van der Waals surface area contributed by atoms with E-state index in [4.69, 9.17) is 4.98 Å². The molecule has 0 aliphatic heterocycles. The van der Waals surface area contributed by atoms with Crippen LogP contribution in [0.4, 0.5) is 11.5 Å². The number of anilines is 2. The molecule has 0 unspecified atom stereocenters. The first-order valence-corrected chi connectivity index (χ1v) is 10.4. The fourth-order valence-corrected chi connectivity index (χ4v) is 3.48. The number of likely N-dealkylation sites (N-methyl/N-ethyl adjacent to an activating group) is 1. The predicted molar refractivity (Wildman–Crippen MR) is 121 cm³/mol. The van der Waals surface area contributed by atoms with E-state index in [1.165, 1.54) is 5.56 Å². The van der Waals surface area contributed by atoms with Gasteiger partial charge in [0, 0.05) is 24.2 Å². The van der Waals surface area contributed by atoms with Crippen molar-refractivity contribution in [3.8, 4) is 0 Å². The van der Waals surface area contributed by atoms with Crippen molar-refractivity contribution in [3.63, 3.8) is 0 Å². The molecule has 2 N–H and O–H groups in total. The van der Waals surface area contributed by atoms with E-state index in [9.17, 15) is 4.79 Å². The third kappa shape index (κ3) is 5.12. The van der Waals surface area contributed by atoms with E-state index >= 15 is 0 Å². The van der Waals surface area contributed by atoms with Crippen molar-refractivity contribution in [1.29, 1.82) is 0 Å². The number of para-hydroxylation sites is 2. The minimum absolute atomic E-state index is 0.0671. The van der Waals surface area contributed by atoms with E-state index in [-0.39, 0.29) is 5.91 Å². The molecule has 29 heavy (non-hydrogen) atoms. The van der Waals surface area contributed by atoms with Gasteiger partial charge in [-0.25, -0.2) is 4.98 Å². The Hall–Kier alpha value is -2.92. The van der Waals surface area contributed by atoms with E-state index in [0.717, 1.165) is 42.6 Å². The molecule has 1 aromatic heterocycles. The quantitative estimate of drug-likeness (QED) is 0.560. The highest BCUT2D eigenvalue weighted by atomic mass is 16.1. The van der Waals surface area contributed by atoms with Crippen LogP contribution in [0.25, 0.3) is 10.9 Å². The topological polar surface area (TPSA) is 57.3 Å². The number of aromatic nitrogens is 1. The number of aryl methyl sites for hydroxylation is 1. The fourth-order valence-electron chi connectivity index (χ4n) is 3.48. The Bertz CT molecular complexity index is 966. The maximum atomic E-state index is 13.0. The van der Waals surface area contributed by atoms with Gasteiger partial charge in [-0.1, -0.05) is 57.2 Å². The summed E-state index contributed by atoms with van der Waals surface area (Å²) >= 11 is 0. The molecule has 0 fully saturated rings. The van der Waals surface area contributed by atoms with Gasteiger partial charge in [-0.2, -0.15) is 0 Å². The molecule has 0 spiro atoms. The first kappa shape index (κ1) is 20.8. The van der Waals surface area contributed by atoms with E-state index in [1.807, 2.05) is 48.5 Å². The first-order chi connectivity index (χ1) is 14.2. The standard InChI is InChI=1S/C24H30N4O/c1-4-18-11-7-9-13-21(18)26-23-17-20(19-12-8-10-14-22(19)27-23)24(29)25-15-16-28(5-2)6-3/h7-14,17H,4-6,15-16H2,1-3H3,(H,25,29)(H,26,27). The maximum absolute atomic E-state index is 13.0. The number of nitrogens with zero attached hydrogens (tertiary/aromatic N) is 2. The second kappa shape index (κ2) is 10.0. The van der Waals surface area contributed by atoms with Crippen molar-refractivity contribution in [3.05, 3.63) is 65.7 Å². The lowest BCUT2D eigenvalue weighted by Crippen LogP contribution is -2.34. The number of rotatable bonds is 9. The van der Waals surface area contributed by atoms with Crippen molar-refractivity contribution >= 4 is 28.3 Å². The van der Waals surface area contributed by atoms with E-state index < -0.39 is 0 Å². The van der Waals surface area contributed by atoms with E-state index in [1.54, 1.807) is 0 Å². The lowest BCUT2D eigenvalue weighted by molar-refractivity contribution is 0.0950. The van der Waals surface area contributed by atoms with Gasteiger partial charge < -0.3 is 15.5 Å². The Morgan fingerprint density at radius 3 is 2.48 bits per heavy atom. The Kier molecular flexibility index (Phi) is 7.19. The normalized spacial score (nSPS) is 11.0. The monoisotopic (exact) mass is 390 g/mol. The van der Waals surface area contributed by atoms with Gasteiger partial charge in [-0.3, -0.25) is 4.79 Å². The van der Waals surface area contributed by atoms with Crippen LogP contribution in [0.15, 0.2) is 54.6 Å². The summed E-state index contributed by atoms with van der Waals surface area (Å²) in [5, 5.41) is 7.33. The van der Waals surface area contributed by atoms with Crippen LogP contribution in [-0.2, 0) is 6.42 Å². The SMILES string of the molecule is CCc1ccccc1Nc1cc(C(=O)NCCN(CC)CC)c2ccccc2n1. The largest absolute Gasteiger partial charge is 0.351 e. The molecule has 0 radical (unpaired) electrons. The Labute approximate surface area is 173 Å². The summed E-state index contributed by atoms with van der Waals surface area (Å²) in [5.74, 6) is 0.612. The summed E-state index contributed by atoms with van der Waals surface area (Å²) in [4.78, 5) is 20.0. The Morgan fingerprint density at radius 2 is 1.72 bits per heavy atom. The minimum Gasteiger partial charge on any atom is -0.351 e. The van der Waals surface area contributed by atoms with Gasteiger partial charge in [0.05, 0.1) is 11.1 Å². The first-order valence-electron chi connectivity index (χ1n) is 10.4. The summed E-state index contributed by atoms with van der Waals surface area (Å²) in [6.07, 6.45) is 0.926. The molecule has 0 saturated heterocycles. The van der Waals surface area contributed by atoms with E-state index in [0.29, 0.717) is 17.9 Å². The summed E-state index contributed by atoms with van der Waals surface area (Å²) in [7, 11) is 0. The number of amides is 1. The zero-order chi connectivity index (χ0) is 20.6. The number of benzene rings is 2. The van der Waals surface area contributed by atoms with Gasteiger partial charge in [0.15, 0.2) is 0 Å².